The molecule has 2 N–H and O–H groups in total. The van der Waals surface area contributed by atoms with Crippen LogP contribution < -0.4 is 10.1 Å². The summed E-state index contributed by atoms with van der Waals surface area (Å²) in [7, 11) is 2.64. The average Bonchev–Trinajstić information content (AvgIpc) is 3.35. The summed E-state index contributed by atoms with van der Waals surface area (Å²) in [6.45, 7) is 5.54. The standard InChI is InChI=1S/C28H30F2N2O6S/c1-16(2)8-10-38-11-9-17-6-5-7-19(25(17)37-4)23-15-39-28(31-23)32-26(33)18-12-21(29)20(22(30)13-18)14-24(36-3)27(34)35/h5-7,12-16H,8-11H2,1-4H3,(H,34,35)(H,31,32,33). The molecule has 0 bridgehead atoms. The van der Waals surface area contributed by atoms with Gasteiger partial charge in [0.15, 0.2) is 5.13 Å². The highest BCUT2D eigenvalue weighted by atomic mass is 32.1. The largest absolute Gasteiger partial charge is 0.496 e. The van der Waals surface area contributed by atoms with E-state index in [9.17, 15) is 18.4 Å². The van der Waals surface area contributed by atoms with Crippen LogP contribution in [-0.4, -0.2) is 49.4 Å². The van der Waals surface area contributed by atoms with Gasteiger partial charge in [0.25, 0.3) is 5.91 Å². The molecule has 0 fully saturated rings. The van der Waals surface area contributed by atoms with Gasteiger partial charge in [-0.2, -0.15) is 0 Å². The summed E-state index contributed by atoms with van der Waals surface area (Å²) in [6.07, 6.45) is 2.36. The third-order valence-electron chi connectivity index (χ3n) is 5.70. The second-order valence-corrected chi connectivity index (χ2v) is 9.76. The van der Waals surface area contributed by atoms with Crippen LogP contribution in [0, 0.1) is 17.6 Å². The lowest BCUT2D eigenvalue weighted by atomic mass is 10.0. The number of aromatic nitrogens is 1. The molecular weight excluding hydrogens is 530 g/mol. The summed E-state index contributed by atoms with van der Waals surface area (Å²) in [4.78, 5) is 28.2. The molecule has 208 valence electrons. The number of carboxylic acid groups (broad SMARTS) is 1. The summed E-state index contributed by atoms with van der Waals surface area (Å²) in [5.74, 6) is -3.94. The van der Waals surface area contributed by atoms with Crippen molar-refractivity contribution in [1.82, 2.24) is 4.98 Å². The van der Waals surface area contributed by atoms with E-state index in [4.69, 9.17) is 14.6 Å². The van der Waals surface area contributed by atoms with Crippen LogP contribution in [0.3, 0.4) is 0 Å². The number of hydrogen-bond donors (Lipinski definition) is 2. The predicted molar refractivity (Wildman–Crippen MR) is 145 cm³/mol. The minimum absolute atomic E-state index is 0.219. The highest BCUT2D eigenvalue weighted by molar-refractivity contribution is 7.14. The number of carbonyl (C=O) groups excluding carboxylic acids is 1. The van der Waals surface area contributed by atoms with Crippen molar-refractivity contribution in [3.63, 3.8) is 0 Å². The first kappa shape index (κ1) is 29.7. The Labute approximate surface area is 229 Å². The Morgan fingerprint density at radius 1 is 1.15 bits per heavy atom. The Bertz CT molecular complexity index is 1330. The molecular formula is C28H30F2N2O6S. The zero-order valence-electron chi connectivity index (χ0n) is 22.0. The van der Waals surface area contributed by atoms with Crippen LogP contribution in [-0.2, 0) is 20.7 Å². The van der Waals surface area contributed by atoms with E-state index in [1.165, 1.54) is 0 Å². The number of benzene rings is 2. The number of hydrogen-bond acceptors (Lipinski definition) is 7. The van der Waals surface area contributed by atoms with E-state index >= 15 is 0 Å². The van der Waals surface area contributed by atoms with Gasteiger partial charge in [0.1, 0.15) is 17.4 Å². The van der Waals surface area contributed by atoms with Gasteiger partial charge in [-0.25, -0.2) is 18.6 Å². The van der Waals surface area contributed by atoms with Gasteiger partial charge in [-0.1, -0.05) is 26.0 Å². The predicted octanol–water partition coefficient (Wildman–Crippen LogP) is 6.03. The maximum Gasteiger partial charge on any atom is 0.371 e. The number of ether oxygens (including phenoxy) is 3. The van der Waals surface area contributed by atoms with Gasteiger partial charge >= 0.3 is 5.97 Å². The molecule has 39 heavy (non-hydrogen) atoms. The Morgan fingerprint density at radius 3 is 2.49 bits per heavy atom. The summed E-state index contributed by atoms with van der Waals surface area (Å²) in [5, 5.41) is 13.5. The third-order valence-corrected chi connectivity index (χ3v) is 6.46. The number of anilines is 1. The number of halogens is 2. The minimum Gasteiger partial charge on any atom is -0.496 e. The van der Waals surface area contributed by atoms with Crippen LogP contribution in [0.1, 0.15) is 41.8 Å². The van der Waals surface area contributed by atoms with Gasteiger partial charge < -0.3 is 19.3 Å². The fourth-order valence-corrected chi connectivity index (χ4v) is 4.35. The van der Waals surface area contributed by atoms with Crippen molar-refractivity contribution in [3.05, 3.63) is 69.8 Å². The normalized spacial score (nSPS) is 11.5. The second-order valence-electron chi connectivity index (χ2n) is 8.91. The number of amides is 1. The lowest BCUT2D eigenvalue weighted by Crippen LogP contribution is -2.13. The molecule has 0 aliphatic heterocycles. The molecule has 1 aromatic heterocycles. The first-order chi connectivity index (χ1) is 18.6. The molecule has 0 radical (unpaired) electrons. The van der Waals surface area contributed by atoms with Crippen molar-refractivity contribution in [2.75, 3.05) is 32.8 Å². The molecule has 3 aromatic rings. The van der Waals surface area contributed by atoms with E-state index in [2.05, 4.69) is 28.9 Å². The monoisotopic (exact) mass is 560 g/mol. The first-order valence-corrected chi connectivity index (χ1v) is 13.0. The Morgan fingerprint density at radius 2 is 1.87 bits per heavy atom. The van der Waals surface area contributed by atoms with Gasteiger partial charge in [-0.15, -0.1) is 11.3 Å². The molecule has 1 heterocycles. The number of carboxylic acids is 1. The molecule has 1 amide bonds. The Kier molecular flexibility index (Phi) is 10.5. The first-order valence-electron chi connectivity index (χ1n) is 12.1. The smallest absolute Gasteiger partial charge is 0.371 e. The van der Waals surface area contributed by atoms with Crippen molar-refractivity contribution in [1.29, 1.82) is 0 Å². The fraction of sp³-hybridized carbons (Fsp3) is 0.321. The molecule has 3 rings (SSSR count). The molecule has 8 nitrogen and oxygen atoms in total. The molecule has 0 atom stereocenters. The van der Waals surface area contributed by atoms with Crippen molar-refractivity contribution in [2.45, 2.75) is 26.7 Å². The number of para-hydroxylation sites is 1. The number of rotatable bonds is 13. The highest BCUT2D eigenvalue weighted by Crippen LogP contribution is 2.35. The maximum absolute atomic E-state index is 14.5. The number of methoxy groups -OCH3 is 2. The number of aliphatic carboxylic acids is 1. The molecule has 0 unspecified atom stereocenters. The second kappa shape index (κ2) is 13.8. The van der Waals surface area contributed by atoms with E-state index in [0.29, 0.717) is 43.1 Å². The maximum atomic E-state index is 14.5. The topological polar surface area (TPSA) is 107 Å². The summed E-state index contributed by atoms with van der Waals surface area (Å²) in [6, 6.07) is 7.31. The third kappa shape index (κ3) is 7.84. The van der Waals surface area contributed by atoms with Crippen LogP contribution >= 0.6 is 11.3 Å². The lowest BCUT2D eigenvalue weighted by Gasteiger charge is -2.13. The van der Waals surface area contributed by atoms with E-state index < -0.39 is 34.8 Å². The van der Waals surface area contributed by atoms with Crippen LogP contribution in [0.15, 0.2) is 41.5 Å². The highest BCUT2D eigenvalue weighted by Gasteiger charge is 2.19. The van der Waals surface area contributed by atoms with Gasteiger partial charge in [-0.05, 0) is 42.5 Å². The van der Waals surface area contributed by atoms with Gasteiger partial charge in [0, 0.05) is 34.8 Å². The van der Waals surface area contributed by atoms with Crippen molar-refractivity contribution in [2.24, 2.45) is 5.92 Å². The molecule has 11 heteroatoms. The van der Waals surface area contributed by atoms with E-state index in [-0.39, 0.29) is 10.7 Å². The zero-order valence-corrected chi connectivity index (χ0v) is 22.9. The molecule has 0 aliphatic carbocycles. The van der Waals surface area contributed by atoms with Crippen LogP contribution in [0.5, 0.6) is 5.75 Å². The number of nitrogens with zero attached hydrogens (tertiary/aromatic N) is 1. The SMILES string of the molecule is COC(=Cc1c(F)cc(C(=O)Nc2nc(-c3cccc(CCOCCC(C)C)c3OC)cs2)cc1F)C(=O)O. The quantitative estimate of drug-likeness (QED) is 0.149. The molecule has 0 spiro atoms. The number of thiazole rings is 1. The van der Waals surface area contributed by atoms with Crippen LogP contribution in [0.25, 0.3) is 17.3 Å². The minimum atomic E-state index is -1.49. The van der Waals surface area contributed by atoms with E-state index in [1.807, 2.05) is 18.2 Å². The molecule has 2 aromatic carbocycles. The molecule has 0 saturated carbocycles. The van der Waals surface area contributed by atoms with Crippen molar-refractivity contribution >= 4 is 34.4 Å². The van der Waals surface area contributed by atoms with Crippen molar-refractivity contribution in [3.8, 4) is 17.0 Å². The van der Waals surface area contributed by atoms with Gasteiger partial charge in [0.05, 0.1) is 26.5 Å². The summed E-state index contributed by atoms with van der Waals surface area (Å²) in [5.41, 5.74) is 1.31. The zero-order chi connectivity index (χ0) is 28.5. The average molecular weight is 561 g/mol. The molecule has 0 saturated heterocycles. The summed E-state index contributed by atoms with van der Waals surface area (Å²) < 4.78 is 45.1. The van der Waals surface area contributed by atoms with E-state index in [0.717, 1.165) is 48.1 Å². The van der Waals surface area contributed by atoms with Crippen molar-refractivity contribution < 1.29 is 37.7 Å². The fourth-order valence-electron chi connectivity index (χ4n) is 3.64. The van der Waals surface area contributed by atoms with Gasteiger partial charge in [0.2, 0.25) is 5.76 Å². The number of carbonyl (C=O) groups is 2. The van der Waals surface area contributed by atoms with Crippen LogP contribution in [0.2, 0.25) is 0 Å². The summed E-state index contributed by atoms with van der Waals surface area (Å²) >= 11 is 1.14. The lowest BCUT2D eigenvalue weighted by molar-refractivity contribution is -0.135. The molecule has 0 aliphatic rings. The van der Waals surface area contributed by atoms with E-state index in [1.54, 1.807) is 12.5 Å². The Balaban J connectivity index is 1.75. The van der Waals surface area contributed by atoms with Crippen LogP contribution in [0.4, 0.5) is 13.9 Å². The Hall–Kier alpha value is -3.83. The number of nitrogens with one attached hydrogen (secondary N) is 1. The van der Waals surface area contributed by atoms with Gasteiger partial charge in [-0.3, -0.25) is 10.1 Å².